The van der Waals surface area contributed by atoms with Crippen LogP contribution in [0.15, 0.2) is 30.3 Å². The minimum Gasteiger partial charge on any atom is -0.338 e. The molecule has 2 heterocycles. The molecule has 1 aromatic carbocycles. The maximum absolute atomic E-state index is 12.3. The smallest absolute Gasteiger partial charge is 0.237 e. The summed E-state index contributed by atoms with van der Waals surface area (Å²) < 4.78 is 0. The predicted octanol–water partition coefficient (Wildman–Crippen LogP) is 2.10. The number of likely N-dealkylation sites (N-methyl/N-ethyl adjacent to an activating group) is 1. The molecule has 3 nitrogen and oxygen atoms in total. The van der Waals surface area contributed by atoms with Crippen LogP contribution in [0.25, 0.3) is 0 Å². The molecule has 3 heteroatoms. The lowest BCUT2D eigenvalue weighted by Crippen LogP contribution is -2.46. The number of amides is 1. The number of carbonyl (C=O) groups excluding carboxylic acids is 1. The van der Waals surface area contributed by atoms with Gasteiger partial charge in [0.05, 0.1) is 6.54 Å². The van der Waals surface area contributed by atoms with E-state index in [1.165, 1.54) is 12.0 Å². The summed E-state index contributed by atoms with van der Waals surface area (Å²) in [6, 6.07) is 11.1. The Labute approximate surface area is 115 Å². The molecule has 0 aliphatic carbocycles. The Balaban J connectivity index is 1.94. The van der Waals surface area contributed by atoms with Crippen LogP contribution < -0.4 is 0 Å². The van der Waals surface area contributed by atoms with Gasteiger partial charge in [-0.1, -0.05) is 30.3 Å². The van der Waals surface area contributed by atoms with Crippen LogP contribution in [0.1, 0.15) is 30.7 Å². The zero-order valence-corrected chi connectivity index (χ0v) is 11.6. The van der Waals surface area contributed by atoms with E-state index in [0.717, 1.165) is 25.9 Å². The molecule has 2 unspecified atom stereocenters. The van der Waals surface area contributed by atoms with Crippen LogP contribution in [-0.2, 0) is 4.79 Å². The van der Waals surface area contributed by atoms with E-state index in [2.05, 4.69) is 47.2 Å². The molecule has 2 aliphatic heterocycles. The first-order chi connectivity index (χ1) is 9.25. The van der Waals surface area contributed by atoms with Crippen molar-refractivity contribution in [1.82, 2.24) is 9.80 Å². The van der Waals surface area contributed by atoms with E-state index in [0.29, 0.717) is 24.4 Å². The fourth-order valence-corrected chi connectivity index (χ4v) is 3.56. The average Bonchev–Trinajstić information content (AvgIpc) is 2.57. The number of rotatable bonds is 1. The monoisotopic (exact) mass is 258 g/mol. The average molecular weight is 258 g/mol. The first-order valence-electron chi connectivity index (χ1n) is 7.28. The van der Waals surface area contributed by atoms with E-state index >= 15 is 0 Å². The number of piperidine rings is 1. The van der Waals surface area contributed by atoms with Gasteiger partial charge in [-0.25, -0.2) is 0 Å². The third kappa shape index (κ3) is 2.52. The summed E-state index contributed by atoms with van der Waals surface area (Å²) in [7, 11) is 2.06. The molecule has 102 valence electrons. The van der Waals surface area contributed by atoms with Gasteiger partial charge in [0.15, 0.2) is 0 Å². The largest absolute Gasteiger partial charge is 0.338 e. The van der Waals surface area contributed by atoms with Crippen molar-refractivity contribution in [2.24, 2.45) is 0 Å². The van der Waals surface area contributed by atoms with Gasteiger partial charge < -0.3 is 4.90 Å². The van der Waals surface area contributed by atoms with Gasteiger partial charge in [0, 0.05) is 25.0 Å². The molecule has 0 aromatic heterocycles. The quantitative estimate of drug-likeness (QED) is 0.770. The normalized spacial score (nSPS) is 28.9. The molecule has 0 bridgehead atoms. The molecule has 19 heavy (non-hydrogen) atoms. The Hall–Kier alpha value is -1.35. The Bertz CT molecular complexity index is 445. The number of carbonyl (C=O) groups is 1. The zero-order chi connectivity index (χ0) is 13.2. The summed E-state index contributed by atoms with van der Waals surface area (Å²) in [5.74, 6) is 0.767. The molecule has 0 saturated carbocycles. The Morgan fingerprint density at radius 2 is 1.95 bits per heavy atom. The van der Waals surface area contributed by atoms with Gasteiger partial charge in [0.25, 0.3) is 0 Å². The Morgan fingerprint density at radius 3 is 2.74 bits per heavy atom. The second-order valence-corrected chi connectivity index (χ2v) is 5.86. The lowest BCUT2D eigenvalue weighted by atomic mass is 9.85. The van der Waals surface area contributed by atoms with E-state index in [9.17, 15) is 4.79 Å². The van der Waals surface area contributed by atoms with E-state index < -0.39 is 0 Å². The highest BCUT2D eigenvalue weighted by molar-refractivity contribution is 5.79. The van der Waals surface area contributed by atoms with Crippen molar-refractivity contribution in [3.05, 3.63) is 35.9 Å². The van der Waals surface area contributed by atoms with Crippen molar-refractivity contribution in [1.29, 1.82) is 0 Å². The summed E-state index contributed by atoms with van der Waals surface area (Å²) in [4.78, 5) is 16.6. The standard InChI is InChI=1S/C16H22N2O/c1-17-11-14(13-7-3-2-4-8-13)15-9-5-6-10-18(15)16(19)12-17/h2-4,7-8,14-15H,5-6,9-12H2,1H3. The van der Waals surface area contributed by atoms with Gasteiger partial charge in [0.2, 0.25) is 5.91 Å². The van der Waals surface area contributed by atoms with E-state index in [1.807, 2.05) is 0 Å². The highest BCUT2D eigenvalue weighted by atomic mass is 16.2. The molecule has 3 rings (SSSR count). The number of nitrogens with zero attached hydrogens (tertiary/aromatic N) is 2. The number of benzene rings is 1. The maximum Gasteiger partial charge on any atom is 0.237 e. The summed E-state index contributed by atoms with van der Waals surface area (Å²) in [6.07, 6.45) is 3.56. The minimum absolute atomic E-state index is 0.311. The van der Waals surface area contributed by atoms with Gasteiger partial charge in [-0.2, -0.15) is 0 Å². The fourth-order valence-electron chi connectivity index (χ4n) is 3.56. The van der Waals surface area contributed by atoms with Crippen molar-refractivity contribution in [2.45, 2.75) is 31.2 Å². The predicted molar refractivity (Wildman–Crippen MR) is 76.0 cm³/mol. The van der Waals surface area contributed by atoms with Gasteiger partial charge in [-0.3, -0.25) is 9.69 Å². The van der Waals surface area contributed by atoms with Crippen LogP contribution in [0.5, 0.6) is 0 Å². The summed E-state index contributed by atoms with van der Waals surface area (Å²) in [6.45, 7) is 2.50. The number of hydrogen-bond donors (Lipinski definition) is 0. The molecule has 2 saturated heterocycles. The topological polar surface area (TPSA) is 23.6 Å². The molecule has 0 spiro atoms. The second kappa shape index (κ2) is 5.33. The van der Waals surface area contributed by atoms with Gasteiger partial charge in [-0.15, -0.1) is 0 Å². The maximum atomic E-state index is 12.3. The first-order valence-corrected chi connectivity index (χ1v) is 7.28. The third-order valence-corrected chi connectivity index (χ3v) is 4.48. The van der Waals surface area contributed by atoms with Crippen LogP contribution in [0.4, 0.5) is 0 Å². The van der Waals surface area contributed by atoms with Crippen molar-refractivity contribution in [3.8, 4) is 0 Å². The molecule has 0 N–H and O–H groups in total. The van der Waals surface area contributed by atoms with Crippen LogP contribution in [0.2, 0.25) is 0 Å². The SMILES string of the molecule is CN1CC(=O)N2CCCCC2C(c2ccccc2)C1. The van der Waals surface area contributed by atoms with Gasteiger partial charge in [0.1, 0.15) is 0 Å². The molecule has 1 amide bonds. The number of hydrogen-bond acceptors (Lipinski definition) is 2. The van der Waals surface area contributed by atoms with E-state index in [4.69, 9.17) is 0 Å². The van der Waals surface area contributed by atoms with E-state index in [-0.39, 0.29) is 0 Å². The van der Waals surface area contributed by atoms with Crippen LogP contribution in [0, 0.1) is 0 Å². The Morgan fingerprint density at radius 1 is 1.16 bits per heavy atom. The fraction of sp³-hybridized carbons (Fsp3) is 0.562. The molecule has 0 radical (unpaired) electrons. The highest BCUT2D eigenvalue weighted by Crippen LogP contribution is 2.33. The lowest BCUT2D eigenvalue weighted by molar-refractivity contribution is -0.134. The minimum atomic E-state index is 0.311. The lowest BCUT2D eigenvalue weighted by Gasteiger charge is -2.38. The molecular formula is C16H22N2O. The Kier molecular flexibility index (Phi) is 3.56. The first kappa shape index (κ1) is 12.7. The van der Waals surface area contributed by atoms with Crippen molar-refractivity contribution >= 4 is 5.91 Å². The van der Waals surface area contributed by atoms with Crippen LogP contribution in [0.3, 0.4) is 0 Å². The van der Waals surface area contributed by atoms with Gasteiger partial charge >= 0.3 is 0 Å². The van der Waals surface area contributed by atoms with Gasteiger partial charge in [-0.05, 0) is 31.9 Å². The van der Waals surface area contributed by atoms with Crippen molar-refractivity contribution < 1.29 is 4.79 Å². The van der Waals surface area contributed by atoms with Crippen LogP contribution >= 0.6 is 0 Å². The molecule has 2 aliphatic rings. The summed E-state index contributed by atoms with van der Waals surface area (Å²) in [5, 5.41) is 0. The molecular weight excluding hydrogens is 236 g/mol. The molecule has 2 atom stereocenters. The van der Waals surface area contributed by atoms with Crippen molar-refractivity contribution in [3.63, 3.8) is 0 Å². The second-order valence-electron chi connectivity index (χ2n) is 5.86. The molecule has 2 fully saturated rings. The summed E-state index contributed by atoms with van der Waals surface area (Å²) in [5.41, 5.74) is 1.38. The molecule has 1 aromatic rings. The van der Waals surface area contributed by atoms with Crippen molar-refractivity contribution in [2.75, 3.05) is 26.7 Å². The zero-order valence-electron chi connectivity index (χ0n) is 11.6. The third-order valence-electron chi connectivity index (χ3n) is 4.48. The van der Waals surface area contributed by atoms with E-state index in [1.54, 1.807) is 0 Å². The summed E-state index contributed by atoms with van der Waals surface area (Å²) >= 11 is 0. The van der Waals surface area contributed by atoms with Crippen LogP contribution in [-0.4, -0.2) is 48.4 Å². The number of fused-ring (bicyclic) bond motifs is 1. The highest BCUT2D eigenvalue weighted by Gasteiger charge is 2.37.